The molecule has 7 nitrogen and oxygen atoms in total. The van der Waals surface area contributed by atoms with Gasteiger partial charge in [0.05, 0.1) is 27.2 Å². The molecule has 0 bridgehead atoms. The lowest BCUT2D eigenvalue weighted by Crippen LogP contribution is -2.14. The van der Waals surface area contributed by atoms with Crippen LogP contribution in [0.25, 0.3) is 21.7 Å². The summed E-state index contributed by atoms with van der Waals surface area (Å²) in [5.74, 6) is -0.479. The van der Waals surface area contributed by atoms with E-state index in [4.69, 9.17) is 4.52 Å². The van der Waals surface area contributed by atoms with Crippen molar-refractivity contribution in [2.75, 3.05) is 10.6 Å². The highest BCUT2D eigenvalue weighted by molar-refractivity contribution is 7.13. The van der Waals surface area contributed by atoms with Crippen LogP contribution in [0.1, 0.15) is 28.5 Å². The predicted octanol–water partition coefficient (Wildman–Crippen LogP) is 4.78. The molecular weight excluding hydrogens is 388 g/mol. The molecule has 0 spiro atoms. The van der Waals surface area contributed by atoms with Crippen LogP contribution in [0.3, 0.4) is 0 Å². The van der Waals surface area contributed by atoms with E-state index in [1.165, 1.54) is 18.3 Å². The van der Waals surface area contributed by atoms with Crippen molar-refractivity contribution < 1.29 is 14.1 Å². The molecule has 146 valence electrons. The lowest BCUT2D eigenvalue weighted by Gasteiger charge is -2.12. The van der Waals surface area contributed by atoms with E-state index in [0.29, 0.717) is 39.4 Å². The first-order valence-electron chi connectivity index (χ1n) is 8.93. The molecule has 0 aliphatic heterocycles. The number of fused-ring (bicyclic) bond motifs is 1. The van der Waals surface area contributed by atoms with Crippen molar-refractivity contribution in [2.45, 2.75) is 20.8 Å². The Balaban J connectivity index is 1.76. The zero-order valence-electron chi connectivity index (χ0n) is 16.1. The number of nitrogens with one attached hydrogen (secondary N) is 2. The van der Waals surface area contributed by atoms with Gasteiger partial charge in [0.25, 0.3) is 11.6 Å². The van der Waals surface area contributed by atoms with Crippen LogP contribution >= 0.6 is 11.3 Å². The van der Waals surface area contributed by atoms with E-state index in [-0.39, 0.29) is 11.8 Å². The van der Waals surface area contributed by atoms with E-state index >= 15 is 0 Å². The Labute approximate surface area is 170 Å². The Kier molecular flexibility index (Phi) is 4.85. The average molecular weight is 406 g/mol. The molecule has 1 aromatic carbocycles. The minimum Gasteiger partial charge on any atom is -0.335 e. The summed E-state index contributed by atoms with van der Waals surface area (Å²) in [5, 5.41) is 12.2. The van der Waals surface area contributed by atoms with Crippen molar-refractivity contribution in [2.24, 2.45) is 0 Å². The molecule has 0 radical (unpaired) electrons. The normalized spacial score (nSPS) is 10.9. The highest BCUT2D eigenvalue weighted by atomic mass is 32.1. The number of aromatic nitrogens is 2. The average Bonchev–Trinajstić information content (AvgIpc) is 3.34. The smallest absolute Gasteiger partial charge is 0.259 e. The van der Waals surface area contributed by atoms with Gasteiger partial charge < -0.3 is 15.2 Å². The highest BCUT2D eigenvalue weighted by Crippen LogP contribution is 2.30. The number of pyridine rings is 1. The van der Waals surface area contributed by atoms with Gasteiger partial charge in [-0.1, -0.05) is 17.3 Å². The number of anilines is 2. The molecule has 0 aliphatic carbocycles. The Morgan fingerprint density at radius 3 is 2.66 bits per heavy atom. The Bertz CT molecular complexity index is 1230. The maximum Gasteiger partial charge on any atom is 0.259 e. The zero-order chi connectivity index (χ0) is 20.5. The van der Waals surface area contributed by atoms with Crippen molar-refractivity contribution in [3.63, 3.8) is 0 Å². The molecule has 0 atom stereocenters. The molecule has 0 unspecified atom stereocenters. The summed E-state index contributed by atoms with van der Waals surface area (Å²) >= 11 is 1.53. The summed E-state index contributed by atoms with van der Waals surface area (Å²) in [7, 11) is 0. The number of carbonyl (C=O) groups excluding carboxylic acids is 2. The van der Waals surface area contributed by atoms with Crippen molar-refractivity contribution in [3.8, 4) is 10.6 Å². The summed E-state index contributed by atoms with van der Waals surface area (Å²) in [6.07, 6.45) is 0. The second kappa shape index (κ2) is 7.48. The van der Waals surface area contributed by atoms with Gasteiger partial charge in [-0.25, -0.2) is 4.98 Å². The van der Waals surface area contributed by atoms with Gasteiger partial charge in [-0.2, -0.15) is 0 Å². The standard InChI is InChI=1S/C21H18N4O3S/c1-11-6-7-14(22-13(3)26)9-16(11)23-20(27)15-10-17(18-5-4-8-29-18)24-21-19(15)12(2)25-28-21/h4-10H,1-3H3,(H,22,26)(H,23,27). The van der Waals surface area contributed by atoms with Crippen LogP contribution in [0, 0.1) is 13.8 Å². The molecule has 0 aliphatic rings. The summed E-state index contributed by atoms with van der Waals surface area (Å²) in [6.45, 7) is 5.10. The fourth-order valence-corrected chi connectivity index (χ4v) is 3.74. The first-order valence-corrected chi connectivity index (χ1v) is 9.81. The quantitative estimate of drug-likeness (QED) is 0.508. The minimum absolute atomic E-state index is 0.178. The molecule has 8 heteroatoms. The SMILES string of the molecule is CC(=O)Nc1ccc(C)c(NC(=O)c2cc(-c3cccs3)nc3onc(C)c23)c1. The van der Waals surface area contributed by atoms with Crippen LogP contribution < -0.4 is 10.6 Å². The van der Waals surface area contributed by atoms with Gasteiger partial charge in [-0.3, -0.25) is 9.59 Å². The Morgan fingerprint density at radius 1 is 1.10 bits per heavy atom. The van der Waals surface area contributed by atoms with Crippen LogP contribution in [0.2, 0.25) is 0 Å². The van der Waals surface area contributed by atoms with E-state index in [2.05, 4.69) is 20.8 Å². The van der Waals surface area contributed by atoms with Gasteiger partial charge in [-0.05, 0) is 49.1 Å². The maximum atomic E-state index is 13.2. The highest BCUT2D eigenvalue weighted by Gasteiger charge is 2.20. The van der Waals surface area contributed by atoms with E-state index < -0.39 is 0 Å². The van der Waals surface area contributed by atoms with Crippen LogP contribution in [0.15, 0.2) is 46.3 Å². The van der Waals surface area contributed by atoms with Gasteiger partial charge in [0, 0.05) is 18.3 Å². The van der Waals surface area contributed by atoms with Gasteiger partial charge >= 0.3 is 0 Å². The van der Waals surface area contributed by atoms with Gasteiger partial charge in [-0.15, -0.1) is 11.3 Å². The monoisotopic (exact) mass is 406 g/mol. The van der Waals surface area contributed by atoms with Crippen molar-refractivity contribution >= 4 is 45.6 Å². The largest absolute Gasteiger partial charge is 0.335 e. The minimum atomic E-state index is -0.301. The predicted molar refractivity (Wildman–Crippen MR) is 113 cm³/mol. The molecule has 0 saturated carbocycles. The number of rotatable bonds is 4. The van der Waals surface area contributed by atoms with Crippen molar-refractivity contribution in [3.05, 3.63) is 58.6 Å². The van der Waals surface area contributed by atoms with E-state index in [1.807, 2.05) is 30.5 Å². The fraction of sp³-hybridized carbons (Fsp3) is 0.143. The molecule has 2 N–H and O–H groups in total. The molecule has 0 saturated heterocycles. The number of thiophene rings is 1. The molecule has 4 rings (SSSR count). The van der Waals surface area contributed by atoms with Crippen LogP contribution in [-0.2, 0) is 4.79 Å². The molecule has 3 aromatic heterocycles. The number of amides is 2. The lowest BCUT2D eigenvalue weighted by atomic mass is 10.1. The summed E-state index contributed by atoms with van der Waals surface area (Å²) in [4.78, 5) is 30.0. The number of hydrogen-bond acceptors (Lipinski definition) is 6. The van der Waals surface area contributed by atoms with E-state index in [9.17, 15) is 9.59 Å². The number of nitrogens with zero attached hydrogens (tertiary/aromatic N) is 2. The first-order chi connectivity index (χ1) is 13.9. The molecule has 29 heavy (non-hydrogen) atoms. The number of carbonyl (C=O) groups is 2. The van der Waals surface area contributed by atoms with Crippen LogP contribution in [0.5, 0.6) is 0 Å². The summed E-state index contributed by atoms with van der Waals surface area (Å²) in [5.41, 5.74) is 4.09. The topological polar surface area (TPSA) is 97.1 Å². The fourth-order valence-electron chi connectivity index (χ4n) is 3.05. The Morgan fingerprint density at radius 2 is 1.93 bits per heavy atom. The third-order valence-electron chi connectivity index (χ3n) is 4.44. The number of aryl methyl sites for hydroxylation is 2. The second-order valence-electron chi connectivity index (χ2n) is 6.65. The molecule has 4 aromatic rings. The molecule has 0 fully saturated rings. The van der Waals surface area contributed by atoms with Crippen molar-refractivity contribution in [1.29, 1.82) is 0 Å². The third-order valence-corrected chi connectivity index (χ3v) is 5.33. The first kappa shape index (κ1) is 18.8. The van der Waals surface area contributed by atoms with Crippen molar-refractivity contribution in [1.82, 2.24) is 10.1 Å². The third kappa shape index (κ3) is 3.74. The maximum absolute atomic E-state index is 13.2. The van der Waals surface area contributed by atoms with Crippen LogP contribution in [-0.4, -0.2) is 22.0 Å². The summed E-state index contributed by atoms with van der Waals surface area (Å²) in [6, 6.07) is 11.0. The molecule has 2 amide bonds. The Hall–Kier alpha value is -3.52. The number of hydrogen-bond donors (Lipinski definition) is 2. The second-order valence-corrected chi connectivity index (χ2v) is 7.59. The zero-order valence-corrected chi connectivity index (χ0v) is 16.9. The lowest BCUT2D eigenvalue weighted by molar-refractivity contribution is -0.114. The van der Waals surface area contributed by atoms with Crippen LogP contribution in [0.4, 0.5) is 11.4 Å². The van der Waals surface area contributed by atoms with Gasteiger partial charge in [0.15, 0.2) is 0 Å². The van der Waals surface area contributed by atoms with E-state index in [0.717, 1.165) is 10.4 Å². The summed E-state index contributed by atoms with van der Waals surface area (Å²) < 4.78 is 5.33. The molecular formula is C21H18N4O3S. The number of benzene rings is 1. The van der Waals surface area contributed by atoms with E-state index in [1.54, 1.807) is 25.1 Å². The van der Waals surface area contributed by atoms with Gasteiger partial charge in [0.1, 0.15) is 0 Å². The van der Waals surface area contributed by atoms with Gasteiger partial charge in [0.2, 0.25) is 5.91 Å². The molecule has 3 heterocycles.